The third-order valence-corrected chi connectivity index (χ3v) is 5.97. The van der Waals surface area contributed by atoms with E-state index in [9.17, 15) is 9.18 Å². The average molecular weight is 358 g/mol. The molecule has 2 aromatic rings. The Kier molecular flexibility index (Phi) is 4.39. The summed E-state index contributed by atoms with van der Waals surface area (Å²) in [4.78, 5) is 22.1. The van der Waals surface area contributed by atoms with Crippen LogP contribution in [-0.2, 0) is 6.54 Å². The highest BCUT2D eigenvalue weighted by Gasteiger charge is 2.37. The summed E-state index contributed by atoms with van der Waals surface area (Å²) in [6.45, 7) is 5.55. The molecule has 0 saturated carbocycles. The lowest BCUT2D eigenvalue weighted by Gasteiger charge is -2.35. The minimum Gasteiger partial charge on any atom is -0.357 e. The zero-order valence-electron chi connectivity index (χ0n) is 15.8. The lowest BCUT2D eigenvalue weighted by atomic mass is 9.94. The van der Waals surface area contributed by atoms with Gasteiger partial charge in [-0.15, -0.1) is 0 Å². The fourth-order valence-corrected chi connectivity index (χ4v) is 4.53. The molecule has 6 heteroatoms. The van der Waals surface area contributed by atoms with E-state index in [1.54, 1.807) is 11.0 Å². The normalized spacial score (nSPS) is 23.5. The number of aryl methyl sites for hydroxylation is 1. The van der Waals surface area contributed by atoms with Crippen LogP contribution in [-0.4, -0.2) is 65.5 Å². The minimum absolute atomic E-state index is 0.112. The number of hydrogen-bond donors (Lipinski definition) is 1. The second kappa shape index (κ2) is 6.58. The van der Waals surface area contributed by atoms with Gasteiger partial charge in [0.15, 0.2) is 0 Å². The first-order valence-electron chi connectivity index (χ1n) is 9.39. The van der Waals surface area contributed by atoms with E-state index < -0.39 is 0 Å². The van der Waals surface area contributed by atoms with Gasteiger partial charge in [0.1, 0.15) is 5.82 Å². The average Bonchev–Trinajstić information content (AvgIpc) is 2.78. The van der Waals surface area contributed by atoms with Gasteiger partial charge in [0.05, 0.1) is 0 Å². The van der Waals surface area contributed by atoms with Gasteiger partial charge in [-0.1, -0.05) is 0 Å². The van der Waals surface area contributed by atoms with Gasteiger partial charge in [-0.25, -0.2) is 9.18 Å². The number of amides is 2. The highest BCUT2D eigenvalue weighted by molar-refractivity contribution is 5.84. The van der Waals surface area contributed by atoms with Crippen molar-refractivity contribution >= 4 is 16.9 Å². The molecule has 5 nitrogen and oxygen atoms in total. The summed E-state index contributed by atoms with van der Waals surface area (Å²) in [6.07, 6.45) is 2.32. The Morgan fingerprint density at radius 2 is 2.08 bits per heavy atom. The number of rotatable bonds is 2. The summed E-state index contributed by atoms with van der Waals surface area (Å²) in [7, 11) is 3.64. The molecular formula is C20H27FN4O. The zero-order chi connectivity index (χ0) is 18.4. The molecule has 0 aliphatic carbocycles. The lowest BCUT2D eigenvalue weighted by Crippen LogP contribution is -2.45. The zero-order valence-corrected chi connectivity index (χ0v) is 15.8. The maximum atomic E-state index is 13.6. The Morgan fingerprint density at radius 1 is 1.27 bits per heavy atom. The van der Waals surface area contributed by atoms with Crippen molar-refractivity contribution in [3.63, 3.8) is 0 Å². The molecule has 5 rings (SSSR count). The maximum absolute atomic E-state index is 13.6. The number of halogens is 1. The Morgan fingerprint density at radius 3 is 2.85 bits per heavy atom. The van der Waals surface area contributed by atoms with Gasteiger partial charge >= 0.3 is 6.03 Å². The largest absolute Gasteiger partial charge is 0.357 e. The summed E-state index contributed by atoms with van der Waals surface area (Å²) in [5.74, 6) is 0.331. The smallest absolute Gasteiger partial charge is 0.319 e. The topological polar surface area (TPSA) is 42.6 Å². The first kappa shape index (κ1) is 17.3. The molecule has 3 aliphatic heterocycles. The standard InChI is InChI=1S/C20H27FN4O/c1-13-17-8-15(21)5-7-18(17)22-19(13)12-24-9-14-4-6-16(24)11-25(10-14)20(26)23(2)3/h5,7-8,14,16,22H,4,6,9-12H2,1-3H3/t14-,16-/m0/s1. The SMILES string of the molecule is Cc1c(CN2C[C@@H]3CC[C@H]2CN(C(=O)N(C)C)C3)[nH]c2ccc(F)cc12. The number of aromatic nitrogens is 1. The maximum Gasteiger partial charge on any atom is 0.319 e. The Hall–Kier alpha value is -2.08. The molecule has 1 N–H and O–H groups in total. The van der Waals surface area contributed by atoms with Crippen LogP contribution in [0.2, 0.25) is 0 Å². The summed E-state index contributed by atoms with van der Waals surface area (Å²) in [5, 5.41) is 0.962. The van der Waals surface area contributed by atoms with Gasteiger partial charge in [0.25, 0.3) is 0 Å². The lowest BCUT2D eigenvalue weighted by molar-refractivity contribution is 0.121. The molecule has 0 spiro atoms. The van der Waals surface area contributed by atoms with E-state index in [1.807, 2.05) is 25.1 Å². The van der Waals surface area contributed by atoms with Gasteiger partial charge in [0, 0.05) is 62.9 Å². The van der Waals surface area contributed by atoms with E-state index in [4.69, 9.17) is 0 Å². The van der Waals surface area contributed by atoms with Crippen LogP contribution in [0.3, 0.4) is 0 Å². The van der Waals surface area contributed by atoms with Crippen molar-refractivity contribution in [2.24, 2.45) is 5.92 Å². The van der Waals surface area contributed by atoms with Gasteiger partial charge < -0.3 is 14.8 Å². The fraction of sp³-hybridized carbons (Fsp3) is 0.550. The Balaban J connectivity index is 1.56. The van der Waals surface area contributed by atoms with Crippen LogP contribution in [0.1, 0.15) is 24.1 Å². The van der Waals surface area contributed by atoms with Gasteiger partial charge in [-0.3, -0.25) is 4.90 Å². The third kappa shape index (κ3) is 3.07. The van der Waals surface area contributed by atoms with E-state index >= 15 is 0 Å². The summed E-state index contributed by atoms with van der Waals surface area (Å²) < 4.78 is 13.6. The first-order valence-corrected chi connectivity index (χ1v) is 9.39. The molecule has 1 aromatic carbocycles. The van der Waals surface area contributed by atoms with E-state index in [-0.39, 0.29) is 11.8 Å². The molecule has 0 unspecified atom stereocenters. The predicted molar refractivity (Wildman–Crippen MR) is 101 cm³/mol. The van der Waals surface area contributed by atoms with Gasteiger partial charge in [-0.05, 0) is 49.4 Å². The molecule has 2 atom stereocenters. The monoisotopic (exact) mass is 358 g/mol. The number of hydrogen-bond acceptors (Lipinski definition) is 2. The van der Waals surface area contributed by atoms with Crippen LogP contribution in [0.5, 0.6) is 0 Å². The summed E-state index contributed by atoms with van der Waals surface area (Å²) in [5.41, 5.74) is 3.27. The minimum atomic E-state index is -0.196. The van der Waals surface area contributed by atoms with E-state index in [2.05, 4.69) is 16.8 Å². The number of fused-ring (bicyclic) bond motifs is 5. The van der Waals surface area contributed by atoms with Gasteiger partial charge in [-0.2, -0.15) is 0 Å². The van der Waals surface area contributed by atoms with E-state index in [0.29, 0.717) is 12.0 Å². The molecule has 26 heavy (non-hydrogen) atoms. The third-order valence-electron chi connectivity index (χ3n) is 5.97. The van der Waals surface area contributed by atoms with Crippen molar-refractivity contribution in [3.8, 4) is 0 Å². The van der Waals surface area contributed by atoms with Crippen LogP contribution in [0, 0.1) is 18.7 Å². The molecule has 3 aliphatic rings. The molecular weight excluding hydrogens is 331 g/mol. The van der Waals surface area contributed by atoms with Crippen molar-refractivity contribution in [1.29, 1.82) is 0 Å². The highest BCUT2D eigenvalue weighted by atomic mass is 19.1. The first-order chi connectivity index (χ1) is 12.4. The van der Waals surface area contributed by atoms with Crippen LogP contribution < -0.4 is 0 Å². The number of H-pyrrole nitrogens is 1. The Labute approximate surface area is 153 Å². The molecule has 1 aromatic heterocycles. The Bertz CT molecular complexity index is 831. The number of aromatic amines is 1. The second-order valence-electron chi connectivity index (χ2n) is 8.03. The molecule has 2 amide bonds. The molecule has 4 heterocycles. The van der Waals surface area contributed by atoms with Crippen molar-refractivity contribution in [2.75, 3.05) is 33.7 Å². The number of benzene rings is 1. The quantitative estimate of drug-likeness (QED) is 0.896. The highest BCUT2D eigenvalue weighted by Crippen LogP contribution is 2.31. The summed E-state index contributed by atoms with van der Waals surface area (Å²) in [6, 6.07) is 5.42. The number of piperidine rings is 1. The molecule has 3 fully saturated rings. The van der Waals surface area contributed by atoms with E-state index in [0.717, 1.165) is 54.8 Å². The number of urea groups is 1. The predicted octanol–water partition coefficient (Wildman–Crippen LogP) is 3.19. The van der Waals surface area contributed by atoms with Crippen molar-refractivity contribution in [3.05, 3.63) is 35.3 Å². The molecule has 2 bridgehead atoms. The van der Waals surface area contributed by atoms with Crippen LogP contribution in [0.25, 0.3) is 10.9 Å². The van der Waals surface area contributed by atoms with Crippen molar-refractivity contribution < 1.29 is 9.18 Å². The summed E-state index contributed by atoms with van der Waals surface area (Å²) >= 11 is 0. The van der Waals surface area contributed by atoms with Crippen LogP contribution in [0.15, 0.2) is 18.2 Å². The van der Waals surface area contributed by atoms with Crippen LogP contribution >= 0.6 is 0 Å². The number of nitrogens with one attached hydrogen (secondary N) is 1. The van der Waals surface area contributed by atoms with Crippen molar-refractivity contribution in [1.82, 2.24) is 19.7 Å². The number of carbonyl (C=O) groups is 1. The van der Waals surface area contributed by atoms with E-state index in [1.165, 1.54) is 12.5 Å². The molecule has 140 valence electrons. The van der Waals surface area contributed by atoms with Gasteiger partial charge in [0.2, 0.25) is 0 Å². The van der Waals surface area contributed by atoms with Crippen LogP contribution in [0.4, 0.5) is 9.18 Å². The van der Waals surface area contributed by atoms with Crippen molar-refractivity contribution in [2.45, 2.75) is 32.4 Å². The second-order valence-corrected chi connectivity index (χ2v) is 8.03. The fourth-order valence-electron chi connectivity index (χ4n) is 4.53. The number of nitrogens with zero attached hydrogens (tertiary/aromatic N) is 3. The molecule has 0 radical (unpaired) electrons. The number of carbonyl (C=O) groups excluding carboxylic acids is 1. The molecule has 3 saturated heterocycles.